The molecule has 3 rings (SSSR count). The van der Waals surface area contributed by atoms with Crippen LogP contribution in [0.5, 0.6) is 0 Å². The van der Waals surface area contributed by atoms with E-state index in [1.54, 1.807) is 0 Å². The molecule has 1 aromatic heterocycles. The van der Waals surface area contributed by atoms with Crippen LogP contribution < -0.4 is 10.6 Å². The molecule has 1 fully saturated rings. The smallest absolute Gasteiger partial charge is 0.315 e. The topological polar surface area (TPSA) is 66.9 Å². The van der Waals surface area contributed by atoms with E-state index in [1.165, 1.54) is 17.8 Å². The molecule has 2 amide bonds. The van der Waals surface area contributed by atoms with Crippen LogP contribution in [-0.4, -0.2) is 33.8 Å². The second kappa shape index (κ2) is 7.79. The van der Waals surface area contributed by atoms with Gasteiger partial charge >= 0.3 is 6.03 Å². The second-order valence-corrected chi connectivity index (χ2v) is 7.76. The molecule has 5 nitrogen and oxygen atoms in total. The van der Waals surface area contributed by atoms with Gasteiger partial charge in [-0.2, -0.15) is 11.8 Å². The van der Waals surface area contributed by atoms with Gasteiger partial charge in [-0.15, -0.1) is 10.2 Å². The molecule has 0 radical (unpaired) electrons. The van der Waals surface area contributed by atoms with E-state index in [1.807, 2.05) is 42.1 Å². The third kappa shape index (κ3) is 4.45. The second-order valence-electron chi connectivity index (χ2n) is 5.56. The minimum atomic E-state index is -0.117. The Kier molecular flexibility index (Phi) is 5.51. The van der Waals surface area contributed by atoms with E-state index in [-0.39, 0.29) is 6.03 Å². The molecule has 7 heteroatoms. The van der Waals surface area contributed by atoms with E-state index >= 15 is 0 Å². The Balaban J connectivity index is 1.47. The summed E-state index contributed by atoms with van der Waals surface area (Å²) in [5.74, 6) is 0. The monoisotopic (exact) mass is 348 g/mol. The Bertz CT molecular complexity index is 647. The maximum absolute atomic E-state index is 12.0. The summed E-state index contributed by atoms with van der Waals surface area (Å²) in [6.07, 6.45) is 5.44. The van der Waals surface area contributed by atoms with Gasteiger partial charge in [-0.25, -0.2) is 4.79 Å². The number of aromatic nitrogens is 2. The number of urea groups is 1. The summed E-state index contributed by atoms with van der Waals surface area (Å²) >= 11 is 3.39. The van der Waals surface area contributed by atoms with Gasteiger partial charge in [-0.3, -0.25) is 0 Å². The van der Waals surface area contributed by atoms with Crippen molar-refractivity contribution in [2.75, 3.05) is 6.26 Å². The van der Waals surface area contributed by atoms with Crippen molar-refractivity contribution < 1.29 is 4.79 Å². The molecule has 0 unspecified atom stereocenters. The van der Waals surface area contributed by atoms with Gasteiger partial charge in [0.05, 0.1) is 6.54 Å². The highest BCUT2D eigenvalue weighted by Gasteiger charge is 2.25. The van der Waals surface area contributed by atoms with Gasteiger partial charge in [0.25, 0.3) is 0 Å². The fourth-order valence-electron chi connectivity index (χ4n) is 2.70. The van der Waals surface area contributed by atoms with Gasteiger partial charge in [-0.1, -0.05) is 41.7 Å². The summed E-state index contributed by atoms with van der Waals surface area (Å²) in [5, 5.41) is 16.6. The number of hydrogen-bond acceptors (Lipinski definition) is 5. The highest BCUT2D eigenvalue weighted by molar-refractivity contribution is 7.99. The van der Waals surface area contributed by atoms with Gasteiger partial charge in [0.2, 0.25) is 0 Å². The molecule has 2 atom stereocenters. The maximum atomic E-state index is 12.0. The Morgan fingerprint density at radius 1 is 1.30 bits per heavy atom. The summed E-state index contributed by atoms with van der Waals surface area (Å²) in [5.41, 5.74) is 1.05. The zero-order chi connectivity index (χ0) is 16.1. The average molecular weight is 348 g/mol. The van der Waals surface area contributed by atoms with Gasteiger partial charge in [0, 0.05) is 16.9 Å². The van der Waals surface area contributed by atoms with E-state index in [0.717, 1.165) is 28.4 Å². The largest absolute Gasteiger partial charge is 0.335 e. The first kappa shape index (κ1) is 16.3. The fraction of sp³-hybridized carbons (Fsp3) is 0.438. The SMILES string of the molecule is CS[C@@H]1CC[C@@H](NC(=O)NCc2nnc(-c3ccccc3)s2)C1. The lowest BCUT2D eigenvalue weighted by Crippen LogP contribution is -2.40. The van der Waals surface area contributed by atoms with E-state index < -0.39 is 0 Å². The lowest BCUT2D eigenvalue weighted by Gasteiger charge is -2.13. The molecule has 1 aromatic carbocycles. The van der Waals surface area contributed by atoms with Crippen LogP contribution in [0.1, 0.15) is 24.3 Å². The van der Waals surface area contributed by atoms with Crippen LogP contribution in [0.15, 0.2) is 30.3 Å². The highest BCUT2D eigenvalue weighted by atomic mass is 32.2. The first-order valence-corrected chi connectivity index (χ1v) is 9.80. The van der Waals surface area contributed by atoms with Crippen molar-refractivity contribution in [2.45, 2.75) is 37.1 Å². The molecule has 1 heterocycles. The summed E-state index contributed by atoms with van der Waals surface area (Å²) < 4.78 is 0. The summed E-state index contributed by atoms with van der Waals surface area (Å²) in [6, 6.07) is 10.1. The quantitative estimate of drug-likeness (QED) is 0.870. The predicted octanol–water partition coefficient (Wildman–Crippen LogP) is 3.29. The normalized spacial score (nSPS) is 20.4. The van der Waals surface area contributed by atoms with Crippen LogP contribution in [0.2, 0.25) is 0 Å². The Morgan fingerprint density at radius 3 is 2.87 bits per heavy atom. The number of nitrogens with zero attached hydrogens (tertiary/aromatic N) is 2. The Hall–Kier alpha value is -1.60. The lowest BCUT2D eigenvalue weighted by atomic mass is 10.2. The molecule has 0 bridgehead atoms. The van der Waals surface area contributed by atoms with Crippen LogP contribution in [0, 0.1) is 0 Å². The fourth-order valence-corrected chi connectivity index (χ4v) is 4.28. The van der Waals surface area contributed by atoms with Crippen molar-refractivity contribution >= 4 is 29.1 Å². The standard InChI is InChI=1S/C16H20N4OS2/c1-22-13-8-7-12(9-13)18-16(21)17-10-14-19-20-15(23-14)11-5-3-2-4-6-11/h2-6,12-13H,7-10H2,1H3,(H2,17,18,21)/t12-,13-/m1/s1. The van der Waals surface area contributed by atoms with Gasteiger partial charge in [-0.05, 0) is 25.5 Å². The van der Waals surface area contributed by atoms with Crippen molar-refractivity contribution in [1.29, 1.82) is 0 Å². The van der Waals surface area contributed by atoms with E-state index in [0.29, 0.717) is 17.8 Å². The third-order valence-electron chi connectivity index (χ3n) is 3.94. The number of thioether (sulfide) groups is 1. The van der Waals surface area contributed by atoms with E-state index in [9.17, 15) is 4.79 Å². The molecule has 1 aliphatic rings. The summed E-state index contributed by atoms with van der Waals surface area (Å²) in [6.45, 7) is 0.412. The zero-order valence-corrected chi connectivity index (χ0v) is 14.6. The summed E-state index contributed by atoms with van der Waals surface area (Å²) in [4.78, 5) is 12.0. The van der Waals surface area contributed by atoms with Crippen LogP contribution in [-0.2, 0) is 6.54 Å². The first-order chi connectivity index (χ1) is 11.2. The van der Waals surface area contributed by atoms with Crippen molar-refractivity contribution in [2.24, 2.45) is 0 Å². The van der Waals surface area contributed by atoms with Gasteiger partial charge < -0.3 is 10.6 Å². The molecule has 122 valence electrons. The molecular weight excluding hydrogens is 328 g/mol. The molecule has 2 N–H and O–H groups in total. The number of benzene rings is 1. The maximum Gasteiger partial charge on any atom is 0.315 e. The Morgan fingerprint density at radius 2 is 2.13 bits per heavy atom. The van der Waals surface area contributed by atoms with Crippen LogP contribution in [0.25, 0.3) is 10.6 Å². The molecule has 23 heavy (non-hydrogen) atoms. The summed E-state index contributed by atoms with van der Waals surface area (Å²) in [7, 11) is 0. The number of carbonyl (C=O) groups is 1. The zero-order valence-electron chi connectivity index (χ0n) is 13.0. The minimum absolute atomic E-state index is 0.117. The van der Waals surface area contributed by atoms with E-state index in [4.69, 9.17) is 0 Å². The van der Waals surface area contributed by atoms with Crippen LogP contribution in [0.4, 0.5) is 4.79 Å². The molecular formula is C16H20N4OS2. The Labute approximate surface area is 144 Å². The number of carbonyl (C=O) groups excluding carboxylic acids is 1. The van der Waals surface area contributed by atoms with Crippen molar-refractivity contribution in [1.82, 2.24) is 20.8 Å². The van der Waals surface area contributed by atoms with Crippen molar-refractivity contribution in [3.8, 4) is 10.6 Å². The average Bonchev–Trinajstić information content (AvgIpc) is 3.23. The highest BCUT2D eigenvalue weighted by Crippen LogP contribution is 2.28. The number of hydrogen-bond donors (Lipinski definition) is 2. The van der Waals surface area contributed by atoms with Crippen molar-refractivity contribution in [3.63, 3.8) is 0 Å². The van der Waals surface area contributed by atoms with Crippen molar-refractivity contribution in [3.05, 3.63) is 35.3 Å². The lowest BCUT2D eigenvalue weighted by molar-refractivity contribution is 0.236. The number of nitrogens with one attached hydrogen (secondary N) is 2. The van der Waals surface area contributed by atoms with Crippen LogP contribution >= 0.6 is 23.1 Å². The predicted molar refractivity (Wildman–Crippen MR) is 95.7 cm³/mol. The van der Waals surface area contributed by atoms with Crippen LogP contribution in [0.3, 0.4) is 0 Å². The molecule has 1 aliphatic carbocycles. The third-order valence-corrected chi connectivity index (χ3v) is 6.01. The van der Waals surface area contributed by atoms with Gasteiger partial charge in [0.1, 0.15) is 10.0 Å². The minimum Gasteiger partial charge on any atom is -0.335 e. The first-order valence-electron chi connectivity index (χ1n) is 7.69. The molecule has 0 saturated heterocycles. The van der Waals surface area contributed by atoms with E-state index in [2.05, 4.69) is 27.1 Å². The number of amides is 2. The molecule has 0 aliphatic heterocycles. The molecule has 0 spiro atoms. The van der Waals surface area contributed by atoms with Gasteiger partial charge in [0.15, 0.2) is 0 Å². The number of rotatable bonds is 5. The molecule has 1 saturated carbocycles. The molecule has 2 aromatic rings.